The third-order valence-corrected chi connectivity index (χ3v) is 4.88. The molecule has 118 valence electrons. The molecule has 0 bridgehead atoms. The van der Waals surface area contributed by atoms with Crippen LogP contribution in [0.1, 0.15) is 37.6 Å². The van der Waals surface area contributed by atoms with E-state index in [4.69, 9.17) is 4.42 Å². The molecule has 0 aliphatic carbocycles. The number of amides is 2. The van der Waals surface area contributed by atoms with Crippen molar-refractivity contribution in [2.24, 2.45) is 0 Å². The second-order valence-corrected chi connectivity index (χ2v) is 6.26. The van der Waals surface area contributed by atoms with Gasteiger partial charge in [-0.1, -0.05) is 25.1 Å². The van der Waals surface area contributed by atoms with Gasteiger partial charge < -0.3 is 4.42 Å². The molecule has 2 N–H and O–H groups in total. The average Bonchev–Trinajstić information content (AvgIpc) is 3.15. The smallest absolute Gasteiger partial charge is 0.305 e. The van der Waals surface area contributed by atoms with Crippen LogP contribution in [0.15, 0.2) is 40.8 Å². The van der Waals surface area contributed by atoms with Crippen molar-refractivity contribution >= 4 is 34.1 Å². The Morgan fingerprint density at radius 3 is 2.57 bits per heavy atom. The van der Waals surface area contributed by atoms with Crippen molar-refractivity contribution in [3.8, 4) is 0 Å². The summed E-state index contributed by atoms with van der Waals surface area (Å²) in [5.41, 5.74) is 6.52. The molecule has 0 unspecified atom stereocenters. The summed E-state index contributed by atoms with van der Waals surface area (Å²) in [6.07, 6.45) is 0.884. The SMILES string of the molecule is CCc1sc(C(=O)NNC(=O)c2cc3ccccc3o2)cc1C. The number of benzene rings is 1. The van der Waals surface area contributed by atoms with Crippen LogP contribution in [0.4, 0.5) is 0 Å². The van der Waals surface area contributed by atoms with E-state index in [1.54, 1.807) is 12.1 Å². The summed E-state index contributed by atoms with van der Waals surface area (Å²) in [4.78, 5) is 25.9. The first-order valence-corrected chi connectivity index (χ1v) is 8.08. The Balaban J connectivity index is 1.67. The molecule has 2 aromatic heterocycles. The lowest BCUT2D eigenvalue weighted by Crippen LogP contribution is -2.41. The summed E-state index contributed by atoms with van der Waals surface area (Å²) in [7, 11) is 0. The number of furan rings is 1. The number of hydrazine groups is 1. The second kappa shape index (κ2) is 6.26. The number of carbonyl (C=O) groups is 2. The number of aryl methyl sites for hydroxylation is 2. The van der Waals surface area contributed by atoms with Crippen LogP contribution >= 0.6 is 11.3 Å². The fourth-order valence-electron chi connectivity index (χ4n) is 2.31. The van der Waals surface area contributed by atoms with Gasteiger partial charge in [0.1, 0.15) is 5.58 Å². The third kappa shape index (κ3) is 3.12. The molecule has 3 aromatic rings. The van der Waals surface area contributed by atoms with Gasteiger partial charge in [-0.3, -0.25) is 20.4 Å². The summed E-state index contributed by atoms with van der Waals surface area (Å²) in [5.74, 6) is -0.663. The Bertz CT molecular complexity index is 846. The van der Waals surface area contributed by atoms with Crippen LogP contribution in [0.5, 0.6) is 0 Å². The van der Waals surface area contributed by atoms with Gasteiger partial charge in [0.25, 0.3) is 5.91 Å². The standard InChI is InChI=1S/C17H16N2O3S/c1-3-14-10(2)8-15(23-14)17(21)19-18-16(20)13-9-11-6-4-5-7-12(11)22-13/h4-9H,3H2,1-2H3,(H,18,20)(H,19,21). The molecule has 0 saturated heterocycles. The van der Waals surface area contributed by atoms with Gasteiger partial charge in [-0.25, -0.2) is 0 Å². The summed E-state index contributed by atoms with van der Waals surface area (Å²) in [5, 5.41) is 0.838. The summed E-state index contributed by atoms with van der Waals surface area (Å²) in [6, 6.07) is 10.8. The number of para-hydroxylation sites is 1. The molecule has 1 aromatic carbocycles. The van der Waals surface area contributed by atoms with Gasteiger partial charge in [-0.15, -0.1) is 11.3 Å². The van der Waals surface area contributed by atoms with Crippen molar-refractivity contribution in [1.29, 1.82) is 0 Å². The van der Waals surface area contributed by atoms with Gasteiger partial charge in [-0.2, -0.15) is 0 Å². The molecular formula is C17H16N2O3S. The average molecular weight is 328 g/mol. The van der Waals surface area contributed by atoms with Crippen LogP contribution in [0.3, 0.4) is 0 Å². The highest BCUT2D eigenvalue weighted by molar-refractivity contribution is 7.14. The van der Waals surface area contributed by atoms with Crippen molar-refractivity contribution < 1.29 is 14.0 Å². The lowest BCUT2D eigenvalue weighted by molar-refractivity contribution is 0.0834. The Kier molecular flexibility index (Phi) is 4.16. The van der Waals surface area contributed by atoms with Gasteiger partial charge in [0, 0.05) is 10.3 Å². The first-order valence-electron chi connectivity index (χ1n) is 7.27. The Hall–Kier alpha value is -2.60. The van der Waals surface area contributed by atoms with Gasteiger partial charge in [0.2, 0.25) is 0 Å². The minimum atomic E-state index is -0.487. The highest BCUT2D eigenvalue weighted by atomic mass is 32.1. The van der Waals surface area contributed by atoms with E-state index in [1.165, 1.54) is 16.2 Å². The lowest BCUT2D eigenvalue weighted by Gasteiger charge is -2.03. The fraction of sp³-hybridized carbons (Fsp3) is 0.176. The van der Waals surface area contributed by atoms with E-state index in [2.05, 4.69) is 10.9 Å². The van der Waals surface area contributed by atoms with Crippen LogP contribution in [-0.2, 0) is 6.42 Å². The molecule has 2 amide bonds. The van der Waals surface area contributed by atoms with Crippen molar-refractivity contribution in [1.82, 2.24) is 10.9 Å². The zero-order valence-corrected chi connectivity index (χ0v) is 13.6. The number of nitrogens with one attached hydrogen (secondary N) is 2. The highest BCUT2D eigenvalue weighted by Gasteiger charge is 2.15. The Morgan fingerprint density at radius 1 is 1.13 bits per heavy atom. The zero-order chi connectivity index (χ0) is 16.4. The van der Waals surface area contributed by atoms with Crippen LogP contribution < -0.4 is 10.9 Å². The van der Waals surface area contributed by atoms with E-state index >= 15 is 0 Å². The molecule has 2 heterocycles. The molecule has 0 radical (unpaired) electrons. The minimum Gasteiger partial charge on any atom is -0.451 e. The molecule has 3 rings (SSSR count). The van der Waals surface area contributed by atoms with E-state index in [-0.39, 0.29) is 11.7 Å². The van der Waals surface area contributed by atoms with E-state index in [1.807, 2.05) is 38.1 Å². The summed E-state index contributed by atoms with van der Waals surface area (Å²) >= 11 is 1.43. The fourth-order valence-corrected chi connectivity index (χ4v) is 3.32. The van der Waals surface area contributed by atoms with Crippen LogP contribution in [0, 0.1) is 6.92 Å². The maximum absolute atomic E-state index is 12.1. The first-order chi connectivity index (χ1) is 11.1. The van der Waals surface area contributed by atoms with Gasteiger partial charge in [0.15, 0.2) is 5.76 Å². The quantitative estimate of drug-likeness (QED) is 0.724. The first kappa shape index (κ1) is 15.3. The summed E-state index contributed by atoms with van der Waals surface area (Å²) < 4.78 is 5.45. The molecule has 0 saturated carbocycles. The normalized spacial score (nSPS) is 10.7. The molecule has 0 spiro atoms. The molecule has 0 fully saturated rings. The maximum atomic E-state index is 12.1. The molecule has 0 aliphatic heterocycles. The highest BCUT2D eigenvalue weighted by Crippen LogP contribution is 2.22. The van der Waals surface area contributed by atoms with Crippen molar-refractivity contribution in [3.05, 3.63) is 57.5 Å². The summed E-state index contributed by atoms with van der Waals surface area (Å²) in [6.45, 7) is 4.02. The molecule has 6 heteroatoms. The number of rotatable bonds is 3. The predicted molar refractivity (Wildman–Crippen MR) is 89.6 cm³/mol. The molecule has 5 nitrogen and oxygen atoms in total. The molecular weight excluding hydrogens is 312 g/mol. The van der Waals surface area contributed by atoms with Crippen molar-refractivity contribution in [2.45, 2.75) is 20.3 Å². The zero-order valence-electron chi connectivity index (χ0n) is 12.8. The van der Waals surface area contributed by atoms with Crippen molar-refractivity contribution in [2.75, 3.05) is 0 Å². The topological polar surface area (TPSA) is 71.3 Å². The maximum Gasteiger partial charge on any atom is 0.305 e. The third-order valence-electron chi connectivity index (χ3n) is 3.50. The number of fused-ring (bicyclic) bond motifs is 1. The van der Waals surface area contributed by atoms with Crippen LogP contribution in [0.2, 0.25) is 0 Å². The van der Waals surface area contributed by atoms with Gasteiger partial charge in [-0.05, 0) is 37.1 Å². The number of hydrogen-bond donors (Lipinski definition) is 2. The number of hydrogen-bond acceptors (Lipinski definition) is 4. The molecule has 0 atom stereocenters. The van der Waals surface area contributed by atoms with Gasteiger partial charge in [0.05, 0.1) is 4.88 Å². The lowest BCUT2D eigenvalue weighted by atomic mass is 10.2. The number of thiophene rings is 1. The van der Waals surface area contributed by atoms with Crippen LogP contribution in [-0.4, -0.2) is 11.8 Å². The molecule has 0 aliphatic rings. The Morgan fingerprint density at radius 2 is 1.87 bits per heavy atom. The van der Waals surface area contributed by atoms with E-state index in [0.29, 0.717) is 10.5 Å². The number of carbonyl (C=O) groups excluding carboxylic acids is 2. The largest absolute Gasteiger partial charge is 0.451 e. The van der Waals surface area contributed by atoms with E-state index < -0.39 is 5.91 Å². The van der Waals surface area contributed by atoms with Gasteiger partial charge >= 0.3 is 5.91 Å². The minimum absolute atomic E-state index is 0.156. The second-order valence-electron chi connectivity index (χ2n) is 5.13. The van der Waals surface area contributed by atoms with Crippen LogP contribution in [0.25, 0.3) is 11.0 Å². The predicted octanol–water partition coefficient (Wildman–Crippen LogP) is 3.44. The van der Waals surface area contributed by atoms with E-state index in [9.17, 15) is 9.59 Å². The Labute approximate surface area is 137 Å². The van der Waals surface area contributed by atoms with Crippen molar-refractivity contribution in [3.63, 3.8) is 0 Å². The monoisotopic (exact) mass is 328 g/mol. The molecule has 23 heavy (non-hydrogen) atoms. The van der Waals surface area contributed by atoms with E-state index in [0.717, 1.165) is 17.4 Å².